The number of benzene rings is 1. The number of anilines is 1. The summed E-state index contributed by atoms with van der Waals surface area (Å²) in [7, 11) is 3.55. The zero-order valence-corrected chi connectivity index (χ0v) is 12.2. The molecule has 2 heterocycles. The summed E-state index contributed by atoms with van der Waals surface area (Å²) in [5, 5.41) is 12.1. The third-order valence-corrected chi connectivity index (χ3v) is 3.01. The molecule has 0 aliphatic carbocycles. The molecule has 0 spiro atoms. The average molecular weight is 323 g/mol. The van der Waals surface area contributed by atoms with Crippen LogP contribution in [0, 0.1) is 0 Å². The number of alkyl halides is 3. The second-order valence-corrected chi connectivity index (χ2v) is 4.96. The predicted octanol–water partition coefficient (Wildman–Crippen LogP) is 3.00. The first-order chi connectivity index (χ1) is 10.8. The molecule has 0 unspecified atom stereocenters. The summed E-state index contributed by atoms with van der Waals surface area (Å²) in [4.78, 5) is 1.71. The number of halogens is 3. The van der Waals surface area contributed by atoms with Crippen LogP contribution in [0.25, 0.3) is 5.65 Å². The van der Waals surface area contributed by atoms with Gasteiger partial charge >= 0.3 is 6.18 Å². The van der Waals surface area contributed by atoms with Crippen molar-refractivity contribution in [1.29, 1.82) is 0 Å². The lowest BCUT2D eigenvalue weighted by Crippen LogP contribution is -2.13. The molecule has 0 saturated heterocycles. The maximum absolute atomic E-state index is 12.7. The van der Waals surface area contributed by atoms with E-state index in [9.17, 15) is 13.2 Å². The van der Waals surface area contributed by atoms with Crippen molar-refractivity contribution in [2.24, 2.45) is 0 Å². The minimum atomic E-state index is -4.43. The van der Waals surface area contributed by atoms with Gasteiger partial charge in [0.25, 0.3) is 0 Å². The Bertz CT molecular complexity index is 844. The molecule has 6 nitrogen and oxygen atoms in total. The van der Waals surface area contributed by atoms with Crippen molar-refractivity contribution in [3.8, 4) is 11.6 Å². The highest BCUT2D eigenvalue weighted by Gasteiger charge is 2.30. The monoisotopic (exact) mass is 323 g/mol. The van der Waals surface area contributed by atoms with Crippen molar-refractivity contribution in [2.75, 3.05) is 19.0 Å². The Morgan fingerprint density at radius 1 is 1.09 bits per heavy atom. The molecule has 0 radical (unpaired) electrons. The highest BCUT2D eigenvalue weighted by atomic mass is 19.4. The van der Waals surface area contributed by atoms with Crippen LogP contribution in [-0.2, 0) is 6.18 Å². The molecule has 0 fully saturated rings. The maximum atomic E-state index is 12.7. The number of nitrogens with zero attached hydrogens (tertiary/aromatic N) is 5. The van der Waals surface area contributed by atoms with Crippen LogP contribution in [0.1, 0.15) is 5.56 Å². The average Bonchev–Trinajstić information content (AvgIpc) is 2.90. The van der Waals surface area contributed by atoms with Crippen LogP contribution < -0.4 is 9.64 Å². The first-order valence-electron chi connectivity index (χ1n) is 6.59. The van der Waals surface area contributed by atoms with E-state index in [-0.39, 0.29) is 11.6 Å². The van der Waals surface area contributed by atoms with E-state index in [1.54, 1.807) is 25.1 Å². The normalized spacial score (nSPS) is 11.7. The lowest BCUT2D eigenvalue weighted by Gasteiger charge is -2.11. The van der Waals surface area contributed by atoms with Gasteiger partial charge in [-0.05, 0) is 24.3 Å². The number of hydrogen-bond acceptors (Lipinski definition) is 5. The molecule has 0 N–H and O–H groups in total. The molecule has 0 amide bonds. The van der Waals surface area contributed by atoms with Crippen molar-refractivity contribution < 1.29 is 17.9 Å². The van der Waals surface area contributed by atoms with Gasteiger partial charge in [0.2, 0.25) is 11.8 Å². The standard InChI is InChI=1S/C14H12F3N5O/c1-21(2)13-19-18-11-6-7-12(20-22(11)13)23-10-5-3-4-9(8-10)14(15,16)17/h3-8H,1-2H3. The molecule has 0 bridgehead atoms. The molecule has 23 heavy (non-hydrogen) atoms. The molecule has 9 heteroatoms. The second kappa shape index (κ2) is 5.41. The van der Waals surface area contributed by atoms with Crippen molar-refractivity contribution in [3.05, 3.63) is 42.0 Å². The lowest BCUT2D eigenvalue weighted by atomic mass is 10.2. The Balaban J connectivity index is 1.94. The molecule has 2 aromatic heterocycles. The topological polar surface area (TPSA) is 55.5 Å². The first kappa shape index (κ1) is 15.1. The molecule has 0 aliphatic rings. The van der Waals surface area contributed by atoms with E-state index in [0.29, 0.717) is 11.6 Å². The highest BCUT2D eigenvalue weighted by molar-refractivity contribution is 5.45. The smallest absolute Gasteiger partial charge is 0.416 e. The van der Waals surface area contributed by atoms with Crippen LogP contribution in [0.3, 0.4) is 0 Å². The molecule has 3 aromatic rings. The minimum absolute atomic E-state index is 0.0474. The van der Waals surface area contributed by atoms with Crippen molar-refractivity contribution in [2.45, 2.75) is 6.18 Å². The van der Waals surface area contributed by atoms with Crippen LogP contribution >= 0.6 is 0 Å². The lowest BCUT2D eigenvalue weighted by molar-refractivity contribution is -0.137. The van der Waals surface area contributed by atoms with Crippen LogP contribution in [-0.4, -0.2) is 33.9 Å². The Hall–Kier alpha value is -2.84. The summed E-state index contributed by atoms with van der Waals surface area (Å²) < 4.78 is 45.0. The fourth-order valence-electron chi connectivity index (χ4n) is 1.95. The third kappa shape index (κ3) is 3.03. The summed E-state index contributed by atoms with van der Waals surface area (Å²) in [6, 6.07) is 7.75. The molecular formula is C14H12F3N5O. The minimum Gasteiger partial charge on any atom is -0.438 e. The highest BCUT2D eigenvalue weighted by Crippen LogP contribution is 2.32. The summed E-state index contributed by atoms with van der Waals surface area (Å²) in [5.74, 6) is 0.667. The van der Waals surface area contributed by atoms with Crippen molar-refractivity contribution in [1.82, 2.24) is 19.8 Å². The van der Waals surface area contributed by atoms with Gasteiger partial charge < -0.3 is 9.64 Å². The Labute approximate surface area is 129 Å². The molecular weight excluding hydrogens is 311 g/mol. The van der Waals surface area contributed by atoms with Crippen LogP contribution in [0.15, 0.2) is 36.4 Å². The van der Waals surface area contributed by atoms with Gasteiger partial charge in [-0.25, -0.2) is 0 Å². The molecule has 1 aromatic carbocycles. The zero-order valence-electron chi connectivity index (χ0n) is 12.2. The van der Waals surface area contributed by atoms with Gasteiger partial charge in [0.15, 0.2) is 5.65 Å². The number of aromatic nitrogens is 4. The number of hydrogen-bond donors (Lipinski definition) is 0. The molecule has 0 aliphatic heterocycles. The van der Waals surface area contributed by atoms with E-state index in [2.05, 4.69) is 15.3 Å². The number of rotatable bonds is 3. The van der Waals surface area contributed by atoms with Gasteiger partial charge in [0.1, 0.15) is 5.75 Å². The van der Waals surface area contributed by atoms with Crippen LogP contribution in [0.4, 0.5) is 19.1 Å². The van der Waals surface area contributed by atoms with Crippen LogP contribution in [0.5, 0.6) is 11.6 Å². The van der Waals surface area contributed by atoms with Crippen LogP contribution in [0.2, 0.25) is 0 Å². The third-order valence-electron chi connectivity index (χ3n) is 3.01. The molecule has 3 rings (SSSR count). The number of ether oxygens (including phenoxy) is 1. The van der Waals surface area contributed by atoms with Gasteiger partial charge in [-0.2, -0.15) is 17.7 Å². The van der Waals surface area contributed by atoms with Gasteiger partial charge in [-0.15, -0.1) is 15.3 Å². The van der Waals surface area contributed by atoms with E-state index in [4.69, 9.17) is 4.74 Å². The molecule has 120 valence electrons. The Morgan fingerprint density at radius 2 is 1.87 bits per heavy atom. The van der Waals surface area contributed by atoms with Gasteiger partial charge in [0, 0.05) is 20.2 Å². The molecule has 0 atom stereocenters. The summed E-state index contributed by atoms with van der Waals surface area (Å²) in [6.07, 6.45) is -4.43. The zero-order chi connectivity index (χ0) is 16.6. The molecule has 0 saturated carbocycles. The summed E-state index contributed by atoms with van der Waals surface area (Å²) in [6.45, 7) is 0. The quantitative estimate of drug-likeness (QED) is 0.742. The van der Waals surface area contributed by atoms with E-state index in [1.807, 2.05) is 0 Å². The largest absolute Gasteiger partial charge is 0.438 e. The van der Waals surface area contributed by atoms with Gasteiger partial charge in [-0.3, -0.25) is 0 Å². The predicted molar refractivity (Wildman–Crippen MR) is 76.6 cm³/mol. The van der Waals surface area contributed by atoms with Crippen molar-refractivity contribution >= 4 is 11.6 Å². The van der Waals surface area contributed by atoms with E-state index in [1.165, 1.54) is 22.7 Å². The maximum Gasteiger partial charge on any atom is 0.416 e. The summed E-state index contributed by atoms with van der Waals surface area (Å²) >= 11 is 0. The Kier molecular flexibility index (Phi) is 3.55. The Morgan fingerprint density at radius 3 is 2.57 bits per heavy atom. The van der Waals surface area contributed by atoms with Gasteiger partial charge in [-0.1, -0.05) is 6.07 Å². The van der Waals surface area contributed by atoms with E-state index in [0.717, 1.165) is 12.1 Å². The summed E-state index contributed by atoms with van der Waals surface area (Å²) in [5.41, 5.74) is -0.278. The fraction of sp³-hybridized carbons (Fsp3) is 0.214. The van der Waals surface area contributed by atoms with Crippen molar-refractivity contribution in [3.63, 3.8) is 0 Å². The SMILES string of the molecule is CN(C)c1nnc2ccc(Oc3cccc(C(F)(F)F)c3)nn12. The van der Waals surface area contributed by atoms with E-state index >= 15 is 0 Å². The fourth-order valence-corrected chi connectivity index (χ4v) is 1.95. The van der Waals surface area contributed by atoms with E-state index < -0.39 is 11.7 Å². The number of fused-ring (bicyclic) bond motifs is 1. The first-order valence-corrected chi connectivity index (χ1v) is 6.59. The van der Waals surface area contributed by atoms with Gasteiger partial charge in [0.05, 0.1) is 5.56 Å². The second-order valence-electron chi connectivity index (χ2n) is 4.96.